The summed E-state index contributed by atoms with van der Waals surface area (Å²) >= 11 is 0. The number of benzene rings is 1. The number of carboxylic acid groups (broad SMARTS) is 1. The highest BCUT2D eigenvalue weighted by Gasteiger charge is 2.35. The van der Waals surface area contributed by atoms with Gasteiger partial charge in [0, 0.05) is 31.3 Å². The standard InChI is InChI=1S/C28H28FN7O5/c29-20-12-17(13-30)4-5-18(20)16-40-23-3-1-2-21(32-23)28(31)7-9-35(10-8-28)15-22-33-24-26(41-25(34-24)27(37)38)36(22)14-19-6-11-39-19/h1-5,12,19H,6-11,14-16,31H2,(H,37,38)/t19-/m0/s1. The lowest BCUT2D eigenvalue weighted by Crippen LogP contribution is -2.48. The van der Waals surface area contributed by atoms with E-state index in [1.165, 1.54) is 12.1 Å². The fourth-order valence-electron chi connectivity index (χ4n) is 5.11. The van der Waals surface area contributed by atoms with E-state index in [9.17, 15) is 14.3 Å². The highest BCUT2D eigenvalue weighted by molar-refractivity contribution is 5.85. The zero-order chi connectivity index (χ0) is 28.6. The van der Waals surface area contributed by atoms with Gasteiger partial charge in [-0.15, -0.1) is 0 Å². The Bertz CT molecular complexity index is 1630. The van der Waals surface area contributed by atoms with Crippen molar-refractivity contribution in [2.24, 2.45) is 5.73 Å². The summed E-state index contributed by atoms with van der Waals surface area (Å²) in [6, 6.07) is 11.6. The fourth-order valence-corrected chi connectivity index (χ4v) is 5.11. The number of imidazole rings is 1. The molecule has 2 aliphatic heterocycles. The topological polar surface area (TPSA) is 166 Å². The van der Waals surface area contributed by atoms with E-state index < -0.39 is 17.3 Å². The average molecular weight is 562 g/mol. The Morgan fingerprint density at radius 2 is 2.05 bits per heavy atom. The summed E-state index contributed by atoms with van der Waals surface area (Å²) in [7, 11) is 0. The van der Waals surface area contributed by atoms with E-state index in [0.29, 0.717) is 68.5 Å². The molecule has 2 aliphatic rings. The number of nitriles is 1. The van der Waals surface area contributed by atoms with Crippen LogP contribution in [0.3, 0.4) is 0 Å². The van der Waals surface area contributed by atoms with Gasteiger partial charge in [0.1, 0.15) is 18.2 Å². The van der Waals surface area contributed by atoms with Crippen molar-refractivity contribution in [3.8, 4) is 11.9 Å². The van der Waals surface area contributed by atoms with Gasteiger partial charge in [-0.05, 0) is 37.5 Å². The van der Waals surface area contributed by atoms with Crippen LogP contribution in [-0.4, -0.2) is 61.3 Å². The third-order valence-electron chi connectivity index (χ3n) is 7.65. The number of ether oxygens (including phenoxy) is 2. The molecule has 1 aromatic carbocycles. The Kier molecular flexibility index (Phi) is 7.12. The van der Waals surface area contributed by atoms with Crippen LogP contribution in [0.5, 0.6) is 5.88 Å². The molecule has 12 nitrogen and oxygen atoms in total. The summed E-state index contributed by atoms with van der Waals surface area (Å²) in [6.07, 6.45) is 2.21. The first-order valence-electron chi connectivity index (χ1n) is 13.3. The average Bonchev–Trinajstić information content (AvgIpc) is 3.50. The predicted octanol–water partition coefficient (Wildman–Crippen LogP) is 2.95. The molecular weight excluding hydrogens is 533 g/mol. The van der Waals surface area contributed by atoms with Gasteiger partial charge < -0.3 is 24.7 Å². The first-order valence-corrected chi connectivity index (χ1v) is 13.3. The number of hydrogen-bond acceptors (Lipinski definition) is 10. The van der Waals surface area contributed by atoms with Gasteiger partial charge in [-0.1, -0.05) is 12.1 Å². The molecule has 5 heterocycles. The van der Waals surface area contributed by atoms with E-state index in [4.69, 9.17) is 24.9 Å². The Hall–Kier alpha value is -4.38. The van der Waals surface area contributed by atoms with Gasteiger partial charge in [-0.3, -0.25) is 9.47 Å². The molecule has 6 rings (SSSR count). The van der Waals surface area contributed by atoms with Crippen LogP contribution in [0.4, 0.5) is 4.39 Å². The van der Waals surface area contributed by atoms with Crippen molar-refractivity contribution in [1.29, 1.82) is 5.26 Å². The number of nitrogens with two attached hydrogens (primary N) is 1. The van der Waals surface area contributed by atoms with Crippen LogP contribution in [0.1, 0.15) is 52.6 Å². The Morgan fingerprint density at radius 1 is 1.24 bits per heavy atom. The van der Waals surface area contributed by atoms with Crippen LogP contribution in [-0.2, 0) is 30.0 Å². The molecule has 0 unspecified atom stereocenters. The molecule has 0 amide bonds. The number of piperidine rings is 1. The van der Waals surface area contributed by atoms with Crippen LogP contribution in [0, 0.1) is 17.1 Å². The summed E-state index contributed by atoms with van der Waals surface area (Å²) in [5.74, 6) is -1.06. The van der Waals surface area contributed by atoms with Gasteiger partial charge in [0.05, 0.1) is 42.1 Å². The number of fused-ring (bicyclic) bond motifs is 1. The maximum Gasteiger partial charge on any atom is 0.392 e. The number of pyridine rings is 1. The third-order valence-corrected chi connectivity index (χ3v) is 7.65. The van der Waals surface area contributed by atoms with Crippen LogP contribution in [0.2, 0.25) is 0 Å². The van der Waals surface area contributed by atoms with Crippen molar-refractivity contribution in [1.82, 2.24) is 24.4 Å². The van der Waals surface area contributed by atoms with Crippen molar-refractivity contribution >= 4 is 17.3 Å². The molecule has 212 valence electrons. The number of nitrogens with zero attached hydrogens (tertiary/aromatic N) is 6. The summed E-state index contributed by atoms with van der Waals surface area (Å²) in [5.41, 5.74) is 8.03. The smallest absolute Gasteiger partial charge is 0.392 e. The summed E-state index contributed by atoms with van der Waals surface area (Å²) in [5, 5.41) is 18.2. The Labute approximate surface area is 234 Å². The second-order valence-electron chi connectivity index (χ2n) is 10.4. The number of halogens is 1. The van der Waals surface area contributed by atoms with Crippen molar-refractivity contribution in [3.63, 3.8) is 0 Å². The SMILES string of the molecule is N#Cc1ccc(COc2cccc(C3(N)CCN(Cc4nc5nc(C(=O)O)oc5n4C[C@@H]4CCO4)CC3)n2)c(F)c1. The number of carbonyl (C=O) groups is 1. The Morgan fingerprint density at radius 3 is 2.73 bits per heavy atom. The first kappa shape index (κ1) is 26.8. The molecule has 41 heavy (non-hydrogen) atoms. The molecular formula is C28H28FN7O5. The van der Waals surface area contributed by atoms with Gasteiger partial charge >= 0.3 is 11.9 Å². The lowest BCUT2D eigenvalue weighted by molar-refractivity contribution is -0.0595. The minimum absolute atomic E-state index is 0.0242. The zero-order valence-electron chi connectivity index (χ0n) is 22.1. The van der Waals surface area contributed by atoms with Crippen molar-refractivity contribution in [2.45, 2.75) is 50.6 Å². The largest absolute Gasteiger partial charge is 0.474 e. The second-order valence-corrected chi connectivity index (χ2v) is 10.4. The van der Waals surface area contributed by atoms with Gasteiger partial charge in [0.15, 0.2) is 0 Å². The van der Waals surface area contributed by atoms with E-state index in [1.54, 1.807) is 12.1 Å². The van der Waals surface area contributed by atoms with Gasteiger partial charge in [0.25, 0.3) is 0 Å². The fraction of sp³-hybridized carbons (Fsp3) is 0.393. The summed E-state index contributed by atoms with van der Waals surface area (Å²) < 4.78 is 33.0. The van der Waals surface area contributed by atoms with Gasteiger partial charge in [-0.2, -0.15) is 10.2 Å². The van der Waals surface area contributed by atoms with Crippen LogP contribution >= 0.6 is 0 Å². The lowest BCUT2D eigenvalue weighted by Gasteiger charge is -2.38. The molecule has 0 spiro atoms. The summed E-state index contributed by atoms with van der Waals surface area (Å²) in [6.45, 7) is 3.07. The quantitative estimate of drug-likeness (QED) is 0.308. The molecule has 0 bridgehead atoms. The van der Waals surface area contributed by atoms with E-state index in [-0.39, 0.29) is 29.8 Å². The predicted molar refractivity (Wildman–Crippen MR) is 141 cm³/mol. The van der Waals surface area contributed by atoms with E-state index >= 15 is 0 Å². The maximum absolute atomic E-state index is 14.2. The van der Waals surface area contributed by atoms with Crippen molar-refractivity contribution in [2.75, 3.05) is 19.7 Å². The van der Waals surface area contributed by atoms with Crippen LogP contribution in [0.25, 0.3) is 11.4 Å². The minimum atomic E-state index is -1.24. The molecule has 4 aromatic rings. The van der Waals surface area contributed by atoms with Gasteiger partial charge in [-0.25, -0.2) is 19.2 Å². The Balaban J connectivity index is 1.11. The third kappa shape index (κ3) is 5.49. The van der Waals surface area contributed by atoms with E-state index in [0.717, 1.165) is 12.2 Å². The molecule has 13 heteroatoms. The molecule has 1 atom stereocenters. The number of rotatable bonds is 9. The summed E-state index contributed by atoms with van der Waals surface area (Å²) in [4.78, 5) is 26.8. The number of hydrogen-bond donors (Lipinski definition) is 2. The lowest BCUT2D eigenvalue weighted by atomic mass is 9.85. The molecule has 0 radical (unpaired) electrons. The van der Waals surface area contributed by atoms with Crippen molar-refractivity contribution in [3.05, 3.63) is 70.8 Å². The molecule has 2 saturated heterocycles. The minimum Gasteiger partial charge on any atom is -0.474 e. The van der Waals surface area contributed by atoms with Crippen LogP contribution < -0.4 is 10.5 Å². The maximum atomic E-state index is 14.2. The molecule has 2 fully saturated rings. The highest BCUT2D eigenvalue weighted by Crippen LogP contribution is 2.31. The molecule has 0 aliphatic carbocycles. The number of aromatic nitrogens is 4. The van der Waals surface area contributed by atoms with E-state index in [2.05, 4.69) is 19.9 Å². The second kappa shape index (κ2) is 10.9. The number of oxazole rings is 1. The number of aromatic carboxylic acids is 1. The zero-order valence-corrected chi connectivity index (χ0v) is 22.1. The van der Waals surface area contributed by atoms with Gasteiger partial charge in [0.2, 0.25) is 17.2 Å². The van der Waals surface area contributed by atoms with Crippen molar-refractivity contribution < 1.29 is 28.2 Å². The molecule has 3 aromatic heterocycles. The van der Waals surface area contributed by atoms with Crippen LogP contribution in [0.15, 0.2) is 40.8 Å². The van der Waals surface area contributed by atoms with E-state index in [1.807, 2.05) is 22.8 Å². The first-order chi connectivity index (χ1) is 19.8. The molecule has 3 N–H and O–H groups in total. The molecule has 0 saturated carbocycles. The number of carboxylic acids is 1. The monoisotopic (exact) mass is 561 g/mol. The normalized spacial score (nSPS) is 18.6. The number of likely N-dealkylation sites (tertiary alicyclic amines) is 1. The highest BCUT2D eigenvalue weighted by atomic mass is 19.1.